The maximum Gasteiger partial charge on any atom is 0.107 e. The summed E-state index contributed by atoms with van der Waals surface area (Å²) in [7, 11) is 0. The quantitative estimate of drug-likeness (QED) is 0.736. The van der Waals surface area contributed by atoms with Gasteiger partial charge in [0.15, 0.2) is 0 Å². The summed E-state index contributed by atoms with van der Waals surface area (Å²) in [6.45, 7) is 0.0132. The molecule has 2 nitrogen and oxygen atoms in total. The average Bonchev–Trinajstić information content (AvgIpc) is 2.69. The van der Waals surface area contributed by atoms with Crippen LogP contribution in [-0.2, 0) is 0 Å². The fourth-order valence-corrected chi connectivity index (χ4v) is 3.53. The fourth-order valence-electron chi connectivity index (χ4n) is 1.49. The first-order valence-corrected chi connectivity index (χ1v) is 7.96. The number of hydrogen-bond acceptors (Lipinski definition) is 3. The summed E-state index contributed by atoms with van der Waals surface area (Å²) in [5.74, 6) is 0. The summed E-state index contributed by atoms with van der Waals surface area (Å²) in [4.78, 5) is 0.997. The van der Waals surface area contributed by atoms with Crippen LogP contribution < -0.4 is 5.32 Å². The fraction of sp³-hybridized carbons (Fsp3) is 0.167. The molecule has 0 amide bonds. The Bertz CT molecular complexity index is 510. The van der Waals surface area contributed by atoms with E-state index in [-0.39, 0.29) is 12.6 Å². The maximum absolute atomic E-state index is 9.47. The minimum absolute atomic E-state index is 0.0132. The third-order valence-electron chi connectivity index (χ3n) is 2.38. The van der Waals surface area contributed by atoms with Crippen molar-refractivity contribution in [1.82, 2.24) is 0 Å². The van der Waals surface area contributed by atoms with Crippen molar-refractivity contribution in [3.05, 3.63) is 48.5 Å². The number of aliphatic hydroxyl groups is 1. The highest BCUT2D eigenvalue weighted by Crippen LogP contribution is 2.36. The van der Waals surface area contributed by atoms with E-state index in [0.717, 1.165) is 19.5 Å². The lowest BCUT2D eigenvalue weighted by Gasteiger charge is -2.16. The Kier molecular flexibility index (Phi) is 5.09. The van der Waals surface area contributed by atoms with Gasteiger partial charge in [0.05, 0.1) is 12.6 Å². The van der Waals surface area contributed by atoms with Crippen LogP contribution in [0.5, 0.6) is 0 Å². The van der Waals surface area contributed by atoms with Crippen molar-refractivity contribution in [3.8, 4) is 0 Å². The predicted molar refractivity (Wildman–Crippen MR) is 84.6 cm³/mol. The molecule has 2 N–H and O–H groups in total. The van der Waals surface area contributed by atoms with E-state index in [1.807, 2.05) is 30.3 Å². The first-order valence-electron chi connectivity index (χ1n) is 5.18. The average molecular weight is 412 g/mol. The number of hydrogen-bond donors (Lipinski definition) is 2. The van der Waals surface area contributed by atoms with Crippen molar-refractivity contribution in [3.63, 3.8) is 0 Å². The van der Waals surface area contributed by atoms with Gasteiger partial charge in [-0.2, -0.15) is 0 Å². The number of rotatable bonds is 4. The SMILES string of the molecule is OCC(Nc1ccc(Br)cc1)c1cc(Br)c(Cl)s1. The summed E-state index contributed by atoms with van der Waals surface area (Å²) in [5.41, 5.74) is 0.956. The van der Waals surface area contributed by atoms with Crippen LogP contribution in [0.2, 0.25) is 4.34 Å². The Hall–Kier alpha value is -0.0700. The first kappa shape index (κ1) is 14.3. The molecule has 1 aromatic heterocycles. The number of thiophene rings is 1. The summed E-state index contributed by atoms with van der Waals surface area (Å²) >= 11 is 14.2. The summed E-state index contributed by atoms with van der Waals surface area (Å²) in [6, 6.07) is 9.59. The minimum atomic E-state index is -0.153. The highest BCUT2D eigenvalue weighted by Gasteiger charge is 2.15. The summed E-state index contributed by atoms with van der Waals surface area (Å²) in [6.07, 6.45) is 0. The molecule has 0 radical (unpaired) electrons. The third-order valence-corrected chi connectivity index (χ3v) is 5.49. The predicted octanol–water partition coefficient (Wildman–Crippen LogP) is 5.07. The standard InChI is InChI=1S/C12H10Br2ClNOS/c13-7-1-3-8(4-2-7)16-10(6-17)11-5-9(14)12(15)18-11/h1-5,10,16-17H,6H2. The normalized spacial score (nSPS) is 12.4. The second-order valence-electron chi connectivity index (χ2n) is 3.66. The van der Waals surface area contributed by atoms with Crippen molar-refractivity contribution in [1.29, 1.82) is 0 Å². The Labute approximate surface area is 131 Å². The van der Waals surface area contributed by atoms with Gasteiger partial charge in [-0.15, -0.1) is 11.3 Å². The molecule has 0 aliphatic rings. The molecule has 1 atom stereocenters. The van der Waals surface area contributed by atoms with Gasteiger partial charge in [0.1, 0.15) is 4.34 Å². The van der Waals surface area contributed by atoms with Crippen LogP contribution in [0.3, 0.4) is 0 Å². The van der Waals surface area contributed by atoms with E-state index in [4.69, 9.17) is 11.6 Å². The molecule has 0 aliphatic carbocycles. The van der Waals surface area contributed by atoms with Gasteiger partial charge in [-0.25, -0.2) is 0 Å². The van der Waals surface area contributed by atoms with Crippen LogP contribution >= 0.6 is 54.8 Å². The zero-order valence-electron chi connectivity index (χ0n) is 9.16. The van der Waals surface area contributed by atoms with E-state index >= 15 is 0 Å². The molecule has 0 saturated carbocycles. The number of benzene rings is 1. The van der Waals surface area contributed by atoms with Crippen LogP contribution in [0.15, 0.2) is 39.3 Å². The monoisotopic (exact) mass is 409 g/mol. The lowest BCUT2D eigenvalue weighted by atomic mass is 10.2. The van der Waals surface area contributed by atoms with E-state index in [1.165, 1.54) is 11.3 Å². The zero-order valence-corrected chi connectivity index (χ0v) is 13.9. The van der Waals surface area contributed by atoms with E-state index in [1.54, 1.807) is 0 Å². The van der Waals surface area contributed by atoms with Crippen molar-refractivity contribution in [2.24, 2.45) is 0 Å². The molecule has 1 heterocycles. The Balaban J connectivity index is 2.16. The molecule has 2 rings (SSSR count). The summed E-state index contributed by atoms with van der Waals surface area (Å²) < 4.78 is 2.58. The zero-order chi connectivity index (χ0) is 13.1. The van der Waals surface area contributed by atoms with E-state index < -0.39 is 0 Å². The van der Waals surface area contributed by atoms with Crippen LogP contribution in [-0.4, -0.2) is 11.7 Å². The van der Waals surface area contributed by atoms with Crippen molar-refractivity contribution in [2.75, 3.05) is 11.9 Å². The topological polar surface area (TPSA) is 32.3 Å². The first-order chi connectivity index (χ1) is 8.60. The maximum atomic E-state index is 9.47. The molecule has 0 aliphatic heterocycles. The molecule has 1 aromatic carbocycles. The van der Waals surface area contributed by atoms with E-state index in [9.17, 15) is 5.11 Å². The van der Waals surface area contributed by atoms with Gasteiger partial charge in [0.2, 0.25) is 0 Å². The van der Waals surface area contributed by atoms with Gasteiger partial charge >= 0.3 is 0 Å². The lowest BCUT2D eigenvalue weighted by Crippen LogP contribution is -2.13. The highest BCUT2D eigenvalue weighted by atomic mass is 79.9. The summed E-state index contributed by atoms with van der Waals surface area (Å²) in [5, 5.41) is 12.7. The molecule has 0 fully saturated rings. The van der Waals surface area contributed by atoms with Gasteiger partial charge in [0, 0.05) is 19.5 Å². The Morgan fingerprint density at radius 1 is 1.28 bits per heavy atom. The van der Waals surface area contributed by atoms with Gasteiger partial charge in [0.25, 0.3) is 0 Å². The van der Waals surface area contributed by atoms with E-state index in [2.05, 4.69) is 37.2 Å². The van der Waals surface area contributed by atoms with Crippen LogP contribution in [0.1, 0.15) is 10.9 Å². The van der Waals surface area contributed by atoms with E-state index in [0.29, 0.717) is 4.34 Å². The molecule has 96 valence electrons. The third kappa shape index (κ3) is 3.48. The van der Waals surface area contributed by atoms with Crippen molar-refractivity contribution in [2.45, 2.75) is 6.04 Å². The molecule has 1 unspecified atom stereocenters. The van der Waals surface area contributed by atoms with Crippen LogP contribution in [0.4, 0.5) is 5.69 Å². The van der Waals surface area contributed by atoms with Gasteiger partial charge in [-0.1, -0.05) is 27.5 Å². The van der Waals surface area contributed by atoms with Crippen molar-refractivity contribution < 1.29 is 5.11 Å². The largest absolute Gasteiger partial charge is 0.394 e. The smallest absolute Gasteiger partial charge is 0.107 e. The molecule has 0 saturated heterocycles. The molecule has 2 aromatic rings. The van der Waals surface area contributed by atoms with Gasteiger partial charge in [-0.05, 0) is 46.3 Å². The van der Waals surface area contributed by atoms with Crippen molar-refractivity contribution >= 4 is 60.5 Å². The van der Waals surface area contributed by atoms with Crippen LogP contribution in [0, 0.1) is 0 Å². The Morgan fingerprint density at radius 3 is 2.44 bits per heavy atom. The number of nitrogens with one attached hydrogen (secondary N) is 1. The minimum Gasteiger partial charge on any atom is -0.394 e. The van der Waals surface area contributed by atoms with Crippen LogP contribution in [0.25, 0.3) is 0 Å². The highest BCUT2D eigenvalue weighted by molar-refractivity contribution is 9.10. The molecule has 6 heteroatoms. The number of aliphatic hydroxyl groups excluding tert-OH is 1. The molecule has 18 heavy (non-hydrogen) atoms. The molecule has 0 bridgehead atoms. The lowest BCUT2D eigenvalue weighted by molar-refractivity contribution is 0.278. The Morgan fingerprint density at radius 2 is 1.94 bits per heavy atom. The molecular formula is C12H10Br2ClNOS. The second kappa shape index (κ2) is 6.39. The number of anilines is 1. The van der Waals surface area contributed by atoms with Gasteiger partial charge in [-0.3, -0.25) is 0 Å². The molecule has 0 spiro atoms. The van der Waals surface area contributed by atoms with Gasteiger partial charge < -0.3 is 10.4 Å². The molecular weight excluding hydrogens is 401 g/mol. The second-order valence-corrected chi connectivity index (χ2v) is 7.11. The number of halogens is 3.